The minimum absolute atomic E-state index is 0.109. The van der Waals surface area contributed by atoms with E-state index in [2.05, 4.69) is 61.9 Å². The maximum atomic E-state index is 6.14. The van der Waals surface area contributed by atoms with Crippen molar-refractivity contribution >= 4 is 11.6 Å². The van der Waals surface area contributed by atoms with Crippen LogP contribution in [0, 0.1) is 0 Å². The van der Waals surface area contributed by atoms with Gasteiger partial charge in [-0.25, -0.2) is 9.97 Å². The lowest BCUT2D eigenvalue weighted by atomic mass is 9.95. The molecule has 0 bridgehead atoms. The second-order valence-corrected chi connectivity index (χ2v) is 6.48. The molecule has 0 atom stereocenters. The van der Waals surface area contributed by atoms with Gasteiger partial charge in [0.25, 0.3) is 0 Å². The molecule has 0 saturated heterocycles. The summed E-state index contributed by atoms with van der Waals surface area (Å²) in [7, 11) is 0. The molecule has 0 radical (unpaired) electrons. The van der Waals surface area contributed by atoms with E-state index in [1.807, 2.05) is 6.07 Å². The van der Waals surface area contributed by atoms with Crippen LogP contribution in [0.4, 0.5) is 0 Å². The van der Waals surface area contributed by atoms with Gasteiger partial charge in [-0.1, -0.05) is 70.0 Å². The van der Waals surface area contributed by atoms with Crippen molar-refractivity contribution < 1.29 is 0 Å². The number of hydrogen-bond acceptors (Lipinski definition) is 2. The van der Waals surface area contributed by atoms with Crippen molar-refractivity contribution in [2.45, 2.75) is 46.0 Å². The second-order valence-electron chi connectivity index (χ2n) is 6.10. The van der Waals surface area contributed by atoms with Gasteiger partial charge in [0, 0.05) is 17.0 Å². The van der Waals surface area contributed by atoms with E-state index in [9.17, 15) is 0 Å². The van der Waals surface area contributed by atoms with Gasteiger partial charge >= 0.3 is 0 Å². The normalized spacial score (nSPS) is 11.7. The fourth-order valence-corrected chi connectivity index (χ4v) is 2.22. The summed E-state index contributed by atoms with van der Waals surface area (Å²) in [4.78, 5) is 8.99. The highest BCUT2D eigenvalue weighted by atomic mass is 35.5. The Balaban J connectivity index is 2.39. The lowest BCUT2D eigenvalue weighted by Gasteiger charge is -2.17. The Labute approximate surface area is 126 Å². The van der Waals surface area contributed by atoms with Crippen LogP contribution in [-0.2, 0) is 11.8 Å². The topological polar surface area (TPSA) is 25.8 Å². The average molecular weight is 289 g/mol. The van der Waals surface area contributed by atoms with Crippen molar-refractivity contribution in [3.63, 3.8) is 0 Å². The van der Waals surface area contributed by atoms with Gasteiger partial charge in [0.15, 0.2) is 0 Å². The number of nitrogens with zero attached hydrogens (tertiary/aromatic N) is 2. The third-order valence-corrected chi connectivity index (χ3v) is 3.35. The van der Waals surface area contributed by atoms with E-state index in [1.54, 1.807) is 0 Å². The monoisotopic (exact) mass is 288 g/mol. The summed E-state index contributed by atoms with van der Waals surface area (Å²) >= 11 is 6.14. The first-order valence-corrected chi connectivity index (χ1v) is 7.42. The van der Waals surface area contributed by atoms with Crippen LogP contribution in [0.25, 0.3) is 11.3 Å². The van der Waals surface area contributed by atoms with Crippen molar-refractivity contribution in [2.24, 2.45) is 0 Å². The lowest BCUT2D eigenvalue weighted by molar-refractivity contribution is 0.546. The van der Waals surface area contributed by atoms with Crippen LogP contribution in [-0.4, -0.2) is 9.97 Å². The van der Waals surface area contributed by atoms with Gasteiger partial charge in [-0.05, 0) is 12.0 Å². The highest BCUT2D eigenvalue weighted by molar-refractivity contribution is 6.29. The van der Waals surface area contributed by atoms with Crippen LogP contribution in [0.1, 0.15) is 45.5 Å². The zero-order valence-corrected chi connectivity index (χ0v) is 13.3. The first-order valence-electron chi connectivity index (χ1n) is 7.04. The van der Waals surface area contributed by atoms with E-state index in [0.717, 1.165) is 29.9 Å². The highest BCUT2D eigenvalue weighted by Crippen LogP contribution is 2.25. The first-order chi connectivity index (χ1) is 9.40. The third-order valence-electron chi connectivity index (χ3n) is 3.15. The van der Waals surface area contributed by atoms with Gasteiger partial charge < -0.3 is 0 Å². The summed E-state index contributed by atoms with van der Waals surface area (Å²) in [6, 6.07) is 10.4. The molecule has 1 heterocycles. The van der Waals surface area contributed by atoms with Crippen LogP contribution >= 0.6 is 11.6 Å². The van der Waals surface area contributed by atoms with Crippen LogP contribution in [0.2, 0.25) is 5.15 Å². The quantitative estimate of drug-likeness (QED) is 0.739. The highest BCUT2D eigenvalue weighted by Gasteiger charge is 2.19. The number of aryl methyl sites for hydroxylation is 1. The molecule has 0 amide bonds. The Bertz CT molecular complexity index is 583. The van der Waals surface area contributed by atoms with Crippen molar-refractivity contribution in [2.75, 3.05) is 0 Å². The molecule has 0 unspecified atom stereocenters. The van der Waals surface area contributed by atoms with Gasteiger partial charge in [-0.3, -0.25) is 0 Å². The van der Waals surface area contributed by atoms with Gasteiger partial charge in [0.05, 0.1) is 5.69 Å². The number of rotatable bonds is 3. The van der Waals surface area contributed by atoms with Crippen LogP contribution in [0.15, 0.2) is 30.3 Å². The molecular formula is C17H21ClN2. The van der Waals surface area contributed by atoms with E-state index in [0.29, 0.717) is 5.15 Å². The zero-order valence-electron chi connectivity index (χ0n) is 12.6. The predicted octanol–water partition coefficient (Wildman–Crippen LogP) is 5.05. The van der Waals surface area contributed by atoms with Crippen molar-refractivity contribution in [1.82, 2.24) is 9.97 Å². The second kappa shape index (κ2) is 5.92. The van der Waals surface area contributed by atoms with Gasteiger partial charge in [-0.2, -0.15) is 0 Å². The fraction of sp³-hybridized carbons (Fsp3) is 0.412. The standard InChI is InChI=1S/C17H21ClN2/c1-5-6-12-7-9-13(10-8-12)14-11-15(18)20-16(19-14)17(2,3)4/h7-11H,5-6H2,1-4H3. The average Bonchev–Trinajstić information content (AvgIpc) is 2.38. The molecular weight excluding hydrogens is 268 g/mol. The smallest absolute Gasteiger partial charge is 0.136 e. The Morgan fingerprint density at radius 3 is 2.25 bits per heavy atom. The molecule has 2 rings (SSSR count). The van der Waals surface area contributed by atoms with Crippen molar-refractivity contribution in [3.8, 4) is 11.3 Å². The first kappa shape index (κ1) is 15.0. The number of aromatic nitrogens is 2. The lowest BCUT2D eigenvalue weighted by Crippen LogP contribution is -2.16. The molecule has 0 N–H and O–H groups in total. The molecule has 0 aliphatic heterocycles. The van der Waals surface area contributed by atoms with E-state index in [1.165, 1.54) is 5.56 Å². The van der Waals surface area contributed by atoms with Crippen LogP contribution < -0.4 is 0 Å². The maximum absolute atomic E-state index is 6.14. The van der Waals surface area contributed by atoms with Crippen molar-refractivity contribution in [3.05, 3.63) is 46.9 Å². The molecule has 0 spiro atoms. The molecule has 106 valence electrons. The maximum Gasteiger partial charge on any atom is 0.136 e. The SMILES string of the molecule is CCCc1ccc(-c2cc(Cl)nc(C(C)(C)C)n2)cc1. The van der Waals surface area contributed by atoms with Crippen molar-refractivity contribution in [1.29, 1.82) is 0 Å². The van der Waals surface area contributed by atoms with E-state index < -0.39 is 0 Å². The molecule has 2 nitrogen and oxygen atoms in total. The summed E-state index contributed by atoms with van der Waals surface area (Å²) in [5, 5.41) is 0.498. The largest absolute Gasteiger partial charge is 0.232 e. The minimum atomic E-state index is -0.109. The van der Waals surface area contributed by atoms with Gasteiger partial charge in [0.1, 0.15) is 11.0 Å². The minimum Gasteiger partial charge on any atom is -0.232 e. The Hall–Kier alpha value is -1.41. The van der Waals surface area contributed by atoms with E-state index in [-0.39, 0.29) is 5.41 Å². The Morgan fingerprint density at radius 2 is 1.70 bits per heavy atom. The van der Waals surface area contributed by atoms with Gasteiger partial charge in [0.2, 0.25) is 0 Å². The van der Waals surface area contributed by atoms with Crippen LogP contribution in [0.3, 0.4) is 0 Å². The number of halogens is 1. The molecule has 1 aromatic carbocycles. The summed E-state index contributed by atoms with van der Waals surface area (Å²) in [6.45, 7) is 8.46. The molecule has 20 heavy (non-hydrogen) atoms. The Kier molecular flexibility index (Phi) is 4.44. The Morgan fingerprint density at radius 1 is 1.05 bits per heavy atom. The van der Waals surface area contributed by atoms with E-state index >= 15 is 0 Å². The molecule has 0 saturated carbocycles. The molecule has 0 fully saturated rings. The molecule has 3 heteroatoms. The van der Waals surface area contributed by atoms with E-state index in [4.69, 9.17) is 11.6 Å². The molecule has 0 aliphatic carbocycles. The van der Waals surface area contributed by atoms with Gasteiger partial charge in [-0.15, -0.1) is 0 Å². The summed E-state index contributed by atoms with van der Waals surface area (Å²) in [6.07, 6.45) is 2.27. The molecule has 0 aliphatic rings. The summed E-state index contributed by atoms with van der Waals surface area (Å²) < 4.78 is 0. The number of benzene rings is 1. The summed E-state index contributed by atoms with van der Waals surface area (Å²) in [5.74, 6) is 0.776. The fourth-order valence-electron chi connectivity index (χ4n) is 2.03. The number of hydrogen-bond donors (Lipinski definition) is 0. The zero-order chi connectivity index (χ0) is 14.8. The third kappa shape index (κ3) is 3.57. The predicted molar refractivity (Wildman–Crippen MR) is 85.2 cm³/mol. The molecule has 2 aromatic rings. The summed E-state index contributed by atoms with van der Waals surface area (Å²) in [5.41, 5.74) is 3.21. The molecule has 1 aromatic heterocycles. The van der Waals surface area contributed by atoms with Crippen LogP contribution in [0.5, 0.6) is 0 Å².